The number of halogens is 1. The molecule has 0 bridgehead atoms. The number of carbonyl (C=O) groups is 1. The molecule has 0 aromatic carbocycles. The van der Waals surface area contributed by atoms with Crippen molar-refractivity contribution in [1.29, 1.82) is 0 Å². The summed E-state index contributed by atoms with van der Waals surface area (Å²) in [6, 6.07) is 1.53. The molecule has 0 fully saturated rings. The maximum Gasteiger partial charge on any atom is 0.337 e. The van der Waals surface area contributed by atoms with Gasteiger partial charge in [0, 0.05) is 12.6 Å². The number of carboxylic acid groups (broad SMARTS) is 1. The summed E-state index contributed by atoms with van der Waals surface area (Å²) in [6.07, 6.45) is 2.20. The third kappa shape index (κ3) is 2.55. The quantitative estimate of drug-likeness (QED) is 0.933. The van der Waals surface area contributed by atoms with Crippen molar-refractivity contribution in [2.45, 2.75) is 19.9 Å². The highest BCUT2D eigenvalue weighted by atomic mass is 79.9. The van der Waals surface area contributed by atoms with Crippen molar-refractivity contribution in [2.24, 2.45) is 0 Å². The molecule has 0 saturated heterocycles. The first-order valence-corrected chi connectivity index (χ1v) is 5.80. The highest BCUT2D eigenvalue weighted by Crippen LogP contribution is 2.16. The van der Waals surface area contributed by atoms with Crippen molar-refractivity contribution in [1.82, 2.24) is 14.7 Å². The second-order valence-electron chi connectivity index (χ2n) is 3.44. The number of hydrogen-bond acceptors (Lipinski definition) is 4. The van der Waals surface area contributed by atoms with Crippen LogP contribution >= 0.6 is 15.9 Å². The molecule has 0 spiro atoms. The highest BCUT2D eigenvalue weighted by Gasteiger charge is 2.12. The van der Waals surface area contributed by atoms with E-state index in [0.29, 0.717) is 29.3 Å². The van der Waals surface area contributed by atoms with Gasteiger partial charge in [-0.1, -0.05) is 12.1 Å². The van der Waals surface area contributed by atoms with Crippen molar-refractivity contribution >= 4 is 21.9 Å². The molecule has 0 amide bonds. The van der Waals surface area contributed by atoms with Crippen LogP contribution in [0.5, 0.6) is 0 Å². The average Bonchev–Trinajstić information content (AvgIpc) is 2.87. The van der Waals surface area contributed by atoms with E-state index < -0.39 is 5.97 Å². The molecule has 0 atom stereocenters. The van der Waals surface area contributed by atoms with Crippen LogP contribution in [0.3, 0.4) is 0 Å². The second kappa shape index (κ2) is 4.70. The van der Waals surface area contributed by atoms with Gasteiger partial charge in [-0.2, -0.15) is 4.98 Å². The standard InChI is InChI=1S/C10H10BrN3O3/c1-2-9-12-8(13-17-9)5-14-4-6(10(15)16)3-7(14)11/h3-4H,2,5H2,1H3,(H,15,16). The maximum absolute atomic E-state index is 10.8. The summed E-state index contributed by atoms with van der Waals surface area (Å²) in [5.74, 6) is 0.128. The van der Waals surface area contributed by atoms with Crippen molar-refractivity contribution in [3.05, 3.63) is 34.1 Å². The molecule has 0 saturated carbocycles. The smallest absolute Gasteiger partial charge is 0.337 e. The first-order chi connectivity index (χ1) is 8.10. The Balaban J connectivity index is 2.20. The van der Waals surface area contributed by atoms with Crippen LogP contribution in [0, 0.1) is 0 Å². The van der Waals surface area contributed by atoms with E-state index in [9.17, 15) is 4.79 Å². The molecular formula is C10H10BrN3O3. The van der Waals surface area contributed by atoms with Gasteiger partial charge in [-0.15, -0.1) is 0 Å². The molecule has 6 nitrogen and oxygen atoms in total. The monoisotopic (exact) mass is 299 g/mol. The lowest BCUT2D eigenvalue weighted by Gasteiger charge is -1.99. The molecule has 0 unspecified atom stereocenters. The van der Waals surface area contributed by atoms with Crippen LogP contribution in [0.25, 0.3) is 0 Å². The number of aromatic carboxylic acids is 1. The van der Waals surface area contributed by atoms with Crippen LogP contribution in [0.4, 0.5) is 0 Å². The molecule has 2 rings (SSSR count). The summed E-state index contributed by atoms with van der Waals surface area (Å²) in [5, 5.41) is 12.6. The predicted molar refractivity (Wildman–Crippen MR) is 61.9 cm³/mol. The van der Waals surface area contributed by atoms with Crippen molar-refractivity contribution in [2.75, 3.05) is 0 Å². The molecule has 0 radical (unpaired) electrons. The summed E-state index contributed by atoms with van der Waals surface area (Å²) in [4.78, 5) is 14.9. The van der Waals surface area contributed by atoms with E-state index in [0.717, 1.165) is 0 Å². The minimum absolute atomic E-state index is 0.219. The molecule has 0 aliphatic carbocycles. The number of aryl methyl sites for hydroxylation is 1. The molecule has 2 aromatic rings. The Hall–Kier alpha value is -1.63. The van der Waals surface area contributed by atoms with Gasteiger partial charge in [0.2, 0.25) is 5.89 Å². The molecule has 0 aliphatic rings. The lowest BCUT2D eigenvalue weighted by Crippen LogP contribution is -2.01. The minimum atomic E-state index is -0.966. The maximum atomic E-state index is 10.8. The summed E-state index contributed by atoms with van der Waals surface area (Å²) in [6.45, 7) is 2.29. The Labute approximate surface area is 105 Å². The molecule has 1 N–H and O–H groups in total. The molecule has 2 aromatic heterocycles. The van der Waals surface area contributed by atoms with Crippen molar-refractivity contribution in [3.8, 4) is 0 Å². The summed E-state index contributed by atoms with van der Waals surface area (Å²) in [7, 11) is 0. The fourth-order valence-corrected chi connectivity index (χ4v) is 1.84. The van der Waals surface area contributed by atoms with Gasteiger partial charge in [0.1, 0.15) is 0 Å². The first-order valence-electron chi connectivity index (χ1n) is 5.00. The zero-order valence-electron chi connectivity index (χ0n) is 9.05. The van der Waals surface area contributed by atoms with Crippen LogP contribution in [0.15, 0.2) is 21.4 Å². The van der Waals surface area contributed by atoms with E-state index in [-0.39, 0.29) is 5.56 Å². The van der Waals surface area contributed by atoms with Gasteiger partial charge in [0.05, 0.1) is 16.7 Å². The summed E-state index contributed by atoms with van der Waals surface area (Å²) < 4.78 is 7.34. The van der Waals surface area contributed by atoms with Crippen LogP contribution in [0.2, 0.25) is 0 Å². The number of nitrogens with zero attached hydrogens (tertiary/aromatic N) is 3. The lowest BCUT2D eigenvalue weighted by molar-refractivity contribution is 0.0697. The van der Waals surface area contributed by atoms with E-state index in [1.807, 2.05) is 6.92 Å². The molecule has 7 heteroatoms. The SMILES string of the molecule is CCc1nc(Cn2cc(C(=O)O)cc2Br)no1. The Bertz CT molecular complexity index is 547. The van der Waals surface area contributed by atoms with Gasteiger partial charge < -0.3 is 14.2 Å². The summed E-state index contributed by atoms with van der Waals surface area (Å²) >= 11 is 3.28. The number of carboxylic acids is 1. The Morgan fingerprint density at radius 2 is 2.41 bits per heavy atom. The molecule has 0 aliphatic heterocycles. The van der Waals surface area contributed by atoms with Crippen LogP contribution in [-0.4, -0.2) is 25.8 Å². The zero-order valence-corrected chi connectivity index (χ0v) is 10.6. The molecular weight excluding hydrogens is 290 g/mol. The predicted octanol–water partition coefficient (Wildman–Crippen LogP) is 1.94. The van der Waals surface area contributed by atoms with Gasteiger partial charge in [-0.05, 0) is 22.0 Å². The van der Waals surface area contributed by atoms with Crippen LogP contribution in [0.1, 0.15) is 29.0 Å². The Kier molecular flexibility index (Phi) is 3.28. The van der Waals surface area contributed by atoms with E-state index in [4.69, 9.17) is 9.63 Å². The van der Waals surface area contributed by atoms with Crippen molar-refractivity contribution in [3.63, 3.8) is 0 Å². The van der Waals surface area contributed by atoms with Crippen molar-refractivity contribution < 1.29 is 14.4 Å². The molecule has 2 heterocycles. The number of hydrogen-bond donors (Lipinski definition) is 1. The fraction of sp³-hybridized carbons (Fsp3) is 0.300. The largest absolute Gasteiger partial charge is 0.478 e. The van der Waals surface area contributed by atoms with Gasteiger partial charge >= 0.3 is 5.97 Å². The zero-order chi connectivity index (χ0) is 12.4. The second-order valence-corrected chi connectivity index (χ2v) is 4.25. The van der Waals surface area contributed by atoms with Gasteiger partial charge in [-0.25, -0.2) is 4.79 Å². The van der Waals surface area contributed by atoms with E-state index in [1.165, 1.54) is 12.3 Å². The van der Waals surface area contributed by atoms with Gasteiger partial charge in [0.15, 0.2) is 5.82 Å². The lowest BCUT2D eigenvalue weighted by atomic mass is 10.4. The van der Waals surface area contributed by atoms with Crippen LogP contribution < -0.4 is 0 Å². The first kappa shape index (κ1) is 11.8. The molecule has 17 heavy (non-hydrogen) atoms. The highest BCUT2D eigenvalue weighted by molar-refractivity contribution is 9.10. The van der Waals surface area contributed by atoms with Crippen LogP contribution in [-0.2, 0) is 13.0 Å². The third-order valence-corrected chi connectivity index (χ3v) is 2.90. The van der Waals surface area contributed by atoms with E-state index >= 15 is 0 Å². The third-order valence-electron chi connectivity index (χ3n) is 2.22. The number of aromatic nitrogens is 3. The van der Waals surface area contributed by atoms with Gasteiger partial charge in [0.25, 0.3) is 0 Å². The molecule has 90 valence electrons. The Morgan fingerprint density at radius 1 is 1.65 bits per heavy atom. The van der Waals surface area contributed by atoms with E-state index in [1.54, 1.807) is 4.57 Å². The van der Waals surface area contributed by atoms with E-state index in [2.05, 4.69) is 26.1 Å². The van der Waals surface area contributed by atoms with Gasteiger partial charge in [-0.3, -0.25) is 0 Å². The summed E-state index contributed by atoms with van der Waals surface area (Å²) in [5.41, 5.74) is 0.219. The Morgan fingerprint density at radius 3 is 2.94 bits per heavy atom. The normalized spacial score (nSPS) is 10.7. The minimum Gasteiger partial charge on any atom is -0.478 e. The number of rotatable bonds is 4. The topological polar surface area (TPSA) is 81.2 Å². The average molecular weight is 300 g/mol. The fourth-order valence-electron chi connectivity index (χ4n) is 1.37.